The predicted molar refractivity (Wildman–Crippen MR) is 113 cm³/mol. The quantitative estimate of drug-likeness (QED) is 0.555. The molecule has 2 amide bonds. The van der Waals surface area contributed by atoms with Crippen LogP contribution in [0.1, 0.15) is 15.9 Å². The maximum Gasteiger partial charge on any atom is 0.253 e. The molecule has 0 saturated heterocycles. The number of benzene rings is 2. The van der Waals surface area contributed by atoms with Gasteiger partial charge < -0.3 is 19.7 Å². The molecule has 0 aliphatic carbocycles. The van der Waals surface area contributed by atoms with E-state index in [-0.39, 0.29) is 24.4 Å². The summed E-state index contributed by atoms with van der Waals surface area (Å²) in [6, 6.07) is 12.4. The fourth-order valence-electron chi connectivity index (χ4n) is 2.97. The van der Waals surface area contributed by atoms with Gasteiger partial charge in [-0.1, -0.05) is 17.8 Å². The van der Waals surface area contributed by atoms with Crippen LogP contribution in [0.3, 0.4) is 0 Å². The average molecular weight is 440 g/mol. The van der Waals surface area contributed by atoms with Crippen molar-refractivity contribution >= 4 is 29.3 Å². The maximum absolute atomic E-state index is 12.7. The predicted octanol–water partition coefficient (Wildman–Crippen LogP) is 1.94. The van der Waals surface area contributed by atoms with Gasteiger partial charge in [-0.15, -0.1) is 5.10 Å². The number of aromatic nitrogens is 4. The highest BCUT2D eigenvalue weighted by atomic mass is 32.2. The van der Waals surface area contributed by atoms with E-state index in [9.17, 15) is 9.59 Å². The summed E-state index contributed by atoms with van der Waals surface area (Å²) in [7, 11) is 3.45. The summed E-state index contributed by atoms with van der Waals surface area (Å²) in [4.78, 5) is 26.5. The molecule has 2 aromatic carbocycles. The Kier molecular flexibility index (Phi) is 6.03. The maximum atomic E-state index is 12.7. The lowest BCUT2D eigenvalue weighted by atomic mass is 10.1. The molecule has 3 aromatic rings. The third-order valence-corrected chi connectivity index (χ3v) is 5.54. The van der Waals surface area contributed by atoms with E-state index in [1.54, 1.807) is 43.3 Å². The second kappa shape index (κ2) is 9.04. The van der Waals surface area contributed by atoms with E-state index in [0.717, 1.165) is 5.56 Å². The van der Waals surface area contributed by atoms with Crippen LogP contribution >= 0.6 is 11.8 Å². The number of aryl methyl sites for hydroxylation is 1. The number of hydrogen-bond acceptors (Lipinski definition) is 8. The summed E-state index contributed by atoms with van der Waals surface area (Å²) >= 11 is 1.24. The molecule has 1 aromatic heterocycles. The van der Waals surface area contributed by atoms with Crippen LogP contribution in [-0.2, 0) is 18.4 Å². The number of amides is 2. The Morgan fingerprint density at radius 1 is 1.16 bits per heavy atom. The molecule has 160 valence electrons. The van der Waals surface area contributed by atoms with E-state index in [2.05, 4.69) is 20.8 Å². The summed E-state index contributed by atoms with van der Waals surface area (Å²) in [6.07, 6.45) is 0. The van der Waals surface area contributed by atoms with Gasteiger partial charge in [-0.3, -0.25) is 9.59 Å². The number of nitrogens with zero attached hydrogens (tertiary/aromatic N) is 5. The lowest BCUT2D eigenvalue weighted by Crippen LogP contribution is -2.26. The van der Waals surface area contributed by atoms with Crippen molar-refractivity contribution in [1.29, 1.82) is 0 Å². The number of ether oxygens (including phenoxy) is 2. The second-order valence-electron chi connectivity index (χ2n) is 6.85. The van der Waals surface area contributed by atoms with Crippen LogP contribution in [0.5, 0.6) is 11.5 Å². The van der Waals surface area contributed by atoms with Crippen LogP contribution in [0.25, 0.3) is 0 Å². The Bertz CT molecular complexity index is 1100. The first-order valence-electron chi connectivity index (χ1n) is 9.38. The Labute approximate surface area is 182 Å². The summed E-state index contributed by atoms with van der Waals surface area (Å²) in [5.41, 5.74) is 2.08. The van der Waals surface area contributed by atoms with Crippen molar-refractivity contribution in [3.8, 4) is 11.5 Å². The number of tetrazole rings is 1. The fourth-order valence-corrected chi connectivity index (χ4v) is 3.62. The number of nitrogens with one attached hydrogen (secondary N) is 1. The topological polar surface area (TPSA) is 111 Å². The molecule has 1 aliphatic rings. The Morgan fingerprint density at radius 2 is 1.94 bits per heavy atom. The van der Waals surface area contributed by atoms with Crippen LogP contribution < -0.4 is 14.8 Å². The highest BCUT2D eigenvalue weighted by Crippen LogP contribution is 2.32. The minimum absolute atomic E-state index is 0.124. The third kappa shape index (κ3) is 4.94. The van der Waals surface area contributed by atoms with Crippen molar-refractivity contribution in [3.05, 3.63) is 53.6 Å². The molecule has 0 atom stereocenters. The fraction of sp³-hybridized carbons (Fsp3) is 0.250. The first-order chi connectivity index (χ1) is 15.0. The number of rotatable bonds is 7. The Balaban J connectivity index is 1.31. The monoisotopic (exact) mass is 440 g/mol. The van der Waals surface area contributed by atoms with Crippen LogP contribution in [0, 0.1) is 0 Å². The summed E-state index contributed by atoms with van der Waals surface area (Å²) in [6.45, 7) is 0.647. The zero-order valence-electron chi connectivity index (χ0n) is 16.9. The molecular weight excluding hydrogens is 420 g/mol. The van der Waals surface area contributed by atoms with E-state index >= 15 is 0 Å². The van der Waals surface area contributed by atoms with Gasteiger partial charge in [0.1, 0.15) is 0 Å². The Hall–Kier alpha value is -3.60. The molecule has 1 N–H and O–H groups in total. The van der Waals surface area contributed by atoms with Crippen molar-refractivity contribution in [3.63, 3.8) is 0 Å². The van der Waals surface area contributed by atoms with E-state index in [1.807, 2.05) is 18.2 Å². The van der Waals surface area contributed by atoms with Gasteiger partial charge in [0.05, 0.1) is 5.75 Å². The molecular formula is C20H20N6O4S. The van der Waals surface area contributed by atoms with Crippen LogP contribution in [0.15, 0.2) is 47.6 Å². The minimum Gasteiger partial charge on any atom is -0.454 e. The van der Waals surface area contributed by atoms with Gasteiger partial charge in [0.15, 0.2) is 11.5 Å². The molecule has 1 aliphatic heterocycles. The number of anilines is 1. The normalized spacial score (nSPS) is 11.9. The molecule has 0 unspecified atom stereocenters. The van der Waals surface area contributed by atoms with Crippen LogP contribution in [0.2, 0.25) is 0 Å². The number of hydrogen-bond donors (Lipinski definition) is 1. The summed E-state index contributed by atoms with van der Waals surface area (Å²) in [5.74, 6) is 1.26. The molecule has 0 radical (unpaired) electrons. The summed E-state index contributed by atoms with van der Waals surface area (Å²) in [5, 5.41) is 14.4. The van der Waals surface area contributed by atoms with Crippen molar-refractivity contribution < 1.29 is 19.1 Å². The minimum atomic E-state index is -0.188. The molecule has 0 bridgehead atoms. The SMILES string of the molecule is CN(Cc1ccc2c(c1)OCO2)C(=O)c1ccc(NC(=O)CSc2nnnn2C)cc1. The lowest BCUT2D eigenvalue weighted by Gasteiger charge is -2.18. The van der Waals surface area contributed by atoms with Gasteiger partial charge in [-0.2, -0.15) is 0 Å². The van der Waals surface area contributed by atoms with Gasteiger partial charge in [0.2, 0.25) is 17.9 Å². The number of carbonyl (C=O) groups excluding carboxylic acids is 2. The molecule has 0 spiro atoms. The van der Waals surface area contributed by atoms with Crippen molar-refractivity contribution in [2.24, 2.45) is 7.05 Å². The van der Waals surface area contributed by atoms with Gasteiger partial charge in [0, 0.05) is 31.9 Å². The van der Waals surface area contributed by atoms with Crippen molar-refractivity contribution in [2.45, 2.75) is 11.7 Å². The lowest BCUT2D eigenvalue weighted by molar-refractivity contribution is -0.113. The average Bonchev–Trinajstić information content (AvgIpc) is 3.40. The first kappa shape index (κ1) is 20.7. The van der Waals surface area contributed by atoms with Crippen molar-refractivity contribution in [2.75, 3.05) is 24.9 Å². The molecule has 0 fully saturated rings. The van der Waals surface area contributed by atoms with Gasteiger partial charge in [0.25, 0.3) is 5.91 Å². The standard InChI is InChI=1S/C20H20N6O4S/c1-25(10-13-3-8-16-17(9-13)30-12-29-16)19(28)14-4-6-15(7-5-14)21-18(27)11-31-20-22-23-24-26(20)2/h3-9H,10-12H2,1-2H3,(H,21,27). The number of thioether (sulfide) groups is 1. The van der Waals surface area contributed by atoms with E-state index in [0.29, 0.717) is 34.5 Å². The van der Waals surface area contributed by atoms with Gasteiger partial charge >= 0.3 is 0 Å². The Morgan fingerprint density at radius 3 is 2.68 bits per heavy atom. The molecule has 10 nitrogen and oxygen atoms in total. The molecule has 4 rings (SSSR count). The second-order valence-corrected chi connectivity index (χ2v) is 7.79. The molecule has 11 heteroatoms. The van der Waals surface area contributed by atoms with Crippen molar-refractivity contribution in [1.82, 2.24) is 25.1 Å². The zero-order valence-corrected chi connectivity index (χ0v) is 17.8. The van der Waals surface area contributed by atoms with E-state index in [4.69, 9.17) is 9.47 Å². The van der Waals surface area contributed by atoms with E-state index < -0.39 is 0 Å². The highest BCUT2D eigenvalue weighted by molar-refractivity contribution is 7.99. The summed E-state index contributed by atoms with van der Waals surface area (Å²) < 4.78 is 12.2. The molecule has 31 heavy (non-hydrogen) atoms. The van der Waals surface area contributed by atoms with Gasteiger partial charge in [-0.05, 0) is 52.4 Å². The van der Waals surface area contributed by atoms with E-state index in [1.165, 1.54) is 16.4 Å². The number of carbonyl (C=O) groups is 2. The van der Waals surface area contributed by atoms with Crippen LogP contribution in [-0.4, -0.2) is 56.5 Å². The molecule has 0 saturated carbocycles. The zero-order chi connectivity index (χ0) is 21.8. The third-order valence-electron chi connectivity index (χ3n) is 4.53. The molecule has 2 heterocycles. The highest BCUT2D eigenvalue weighted by Gasteiger charge is 2.16. The largest absolute Gasteiger partial charge is 0.454 e. The van der Waals surface area contributed by atoms with Gasteiger partial charge in [-0.25, -0.2) is 4.68 Å². The smallest absolute Gasteiger partial charge is 0.253 e. The first-order valence-corrected chi connectivity index (χ1v) is 10.4. The van der Waals surface area contributed by atoms with Crippen LogP contribution in [0.4, 0.5) is 5.69 Å². The number of fused-ring (bicyclic) bond motifs is 1.